The molecule has 1 aliphatic heterocycles. The molecule has 0 bridgehead atoms. The monoisotopic (exact) mass is 279 g/mol. The van der Waals surface area contributed by atoms with Gasteiger partial charge in [-0.2, -0.15) is 8.42 Å². The van der Waals surface area contributed by atoms with Crippen LogP contribution in [0.2, 0.25) is 0 Å². The molecular formula is C14H17NO3S. The maximum absolute atomic E-state index is 12.1. The van der Waals surface area contributed by atoms with Gasteiger partial charge < -0.3 is 4.74 Å². The number of ether oxygens (including phenoxy) is 1. The van der Waals surface area contributed by atoms with Crippen LogP contribution in [0, 0.1) is 6.92 Å². The average molecular weight is 279 g/mol. The Hall–Kier alpha value is -1.36. The summed E-state index contributed by atoms with van der Waals surface area (Å²) < 4.78 is 33.6. The number of sulfonamides is 1. The zero-order chi connectivity index (χ0) is 13.5. The van der Waals surface area contributed by atoms with Gasteiger partial charge >= 0.3 is 0 Å². The summed E-state index contributed by atoms with van der Waals surface area (Å²) in [4.78, 5) is 0.224. The normalized spacial score (nSPS) is 23.3. The molecule has 4 nitrogen and oxygen atoms in total. The van der Waals surface area contributed by atoms with Gasteiger partial charge in [0.15, 0.2) is 0 Å². The highest BCUT2D eigenvalue weighted by molar-refractivity contribution is 7.90. The smallest absolute Gasteiger partial charge is 0.285 e. The minimum Gasteiger partial charge on any atom is -0.473 e. The Bertz CT molecular complexity index is 601. The second-order valence-corrected chi connectivity index (χ2v) is 7.05. The number of hydrogen-bond acceptors (Lipinski definition) is 3. The highest BCUT2D eigenvalue weighted by Crippen LogP contribution is 2.43. The molecule has 1 aliphatic carbocycles. The fraction of sp³-hybridized carbons (Fsp3) is 0.500. The van der Waals surface area contributed by atoms with Crippen LogP contribution in [0.25, 0.3) is 0 Å². The van der Waals surface area contributed by atoms with Gasteiger partial charge in [0, 0.05) is 0 Å². The van der Waals surface area contributed by atoms with E-state index in [0.29, 0.717) is 12.3 Å². The second kappa shape index (κ2) is 4.34. The summed E-state index contributed by atoms with van der Waals surface area (Å²) in [5.41, 5.74) is 0.929. The highest BCUT2D eigenvalue weighted by Gasteiger charge is 2.47. The topological polar surface area (TPSA) is 55.7 Å². The van der Waals surface area contributed by atoms with E-state index in [1.165, 1.54) is 0 Å². The lowest BCUT2D eigenvalue weighted by Crippen LogP contribution is -2.45. The number of aryl methyl sites for hydroxylation is 1. The van der Waals surface area contributed by atoms with Crippen molar-refractivity contribution in [2.24, 2.45) is 4.40 Å². The van der Waals surface area contributed by atoms with E-state index in [1.807, 2.05) is 6.92 Å². The Morgan fingerprint density at radius 3 is 2.32 bits per heavy atom. The Morgan fingerprint density at radius 1 is 1.16 bits per heavy atom. The van der Waals surface area contributed by atoms with Crippen molar-refractivity contribution in [1.82, 2.24) is 0 Å². The van der Waals surface area contributed by atoms with E-state index in [0.717, 1.165) is 31.2 Å². The summed E-state index contributed by atoms with van der Waals surface area (Å²) in [5, 5.41) is 0. The first kappa shape index (κ1) is 12.7. The molecule has 0 radical (unpaired) electrons. The number of rotatable bonds is 2. The van der Waals surface area contributed by atoms with Crippen molar-refractivity contribution in [3.8, 4) is 0 Å². The van der Waals surface area contributed by atoms with Gasteiger partial charge in [0.05, 0.1) is 11.3 Å². The number of benzene rings is 1. The van der Waals surface area contributed by atoms with Gasteiger partial charge in [0.2, 0.25) is 5.90 Å². The molecule has 3 rings (SSSR count). The SMILES string of the molecule is Cc1ccc(S(=O)(=O)/N=C2/CC3(CCCC3)O2)cc1. The van der Waals surface area contributed by atoms with Crippen molar-refractivity contribution in [1.29, 1.82) is 0 Å². The first-order valence-corrected chi connectivity index (χ1v) is 8.03. The molecule has 1 saturated carbocycles. The minimum absolute atomic E-state index is 0.0956. The minimum atomic E-state index is -3.62. The van der Waals surface area contributed by atoms with Crippen molar-refractivity contribution in [3.05, 3.63) is 29.8 Å². The fourth-order valence-corrected chi connectivity index (χ4v) is 3.72. The standard InChI is InChI=1S/C14H17NO3S/c1-11-4-6-12(7-5-11)19(16,17)15-13-10-14(18-13)8-2-3-9-14/h4-7H,2-3,8-10H2,1H3/b15-13-. The molecule has 0 unspecified atom stereocenters. The van der Waals surface area contributed by atoms with Crippen LogP contribution in [-0.4, -0.2) is 19.9 Å². The van der Waals surface area contributed by atoms with Gasteiger partial charge in [-0.3, -0.25) is 0 Å². The quantitative estimate of drug-likeness (QED) is 0.836. The van der Waals surface area contributed by atoms with E-state index < -0.39 is 10.0 Å². The van der Waals surface area contributed by atoms with E-state index in [4.69, 9.17) is 4.74 Å². The van der Waals surface area contributed by atoms with E-state index >= 15 is 0 Å². The van der Waals surface area contributed by atoms with Crippen LogP contribution >= 0.6 is 0 Å². The molecular weight excluding hydrogens is 262 g/mol. The molecule has 1 aromatic carbocycles. The van der Waals surface area contributed by atoms with Crippen LogP contribution in [0.15, 0.2) is 33.6 Å². The molecule has 2 fully saturated rings. The molecule has 0 amide bonds. The van der Waals surface area contributed by atoms with E-state index in [1.54, 1.807) is 24.3 Å². The van der Waals surface area contributed by atoms with Crippen molar-refractivity contribution >= 4 is 15.9 Å². The first-order valence-electron chi connectivity index (χ1n) is 6.59. The molecule has 1 spiro atoms. The molecule has 19 heavy (non-hydrogen) atoms. The zero-order valence-corrected chi connectivity index (χ0v) is 11.7. The molecule has 0 aromatic heterocycles. The summed E-state index contributed by atoms with van der Waals surface area (Å²) in [6.45, 7) is 1.92. The van der Waals surface area contributed by atoms with Crippen molar-refractivity contribution < 1.29 is 13.2 Å². The molecule has 1 saturated heterocycles. The predicted octanol–water partition coefficient (Wildman–Crippen LogP) is 2.82. The number of hydrogen-bond donors (Lipinski definition) is 0. The predicted molar refractivity (Wildman–Crippen MR) is 72.7 cm³/mol. The van der Waals surface area contributed by atoms with Gasteiger partial charge in [-0.25, -0.2) is 0 Å². The Labute approximate surface area is 113 Å². The van der Waals surface area contributed by atoms with Crippen LogP contribution in [0.1, 0.15) is 37.7 Å². The maximum Gasteiger partial charge on any atom is 0.285 e. The maximum atomic E-state index is 12.1. The zero-order valence-electron chi connectivity index (χ0n) is 10.9. The van der Waals surface area contributed by atoms with Gasteiger partial charge in [-0.15, -0.1) is 4.40 Å². The number of nitrogens with zero attached hydrogens (tertiary/aromatic N) is 1. The van der Waals surface area contributed by atoms with E-state index in [-0.39, 0.29) is 10.5 Å². The van der Waals surface area contributed by atoms with Gasteiger partial charge in [-0.05, 0) is 44.7 Å². The molecule has 2 aliphatic rings. The van der Waals surface area contributed by atoms with Crippen LogP contribution in [0.3, 0.4) is 0 Å². The first-order chi connectivity index (χ1) is 8.99. The van der Waals surface area contributed by atoms with Crippen molar-refractivity contribution in [2.45, 2.75) is 49.5 Å². The average Bonchev–Trinajstić information content (AvgIpc) is 2.78. The third-order valence-electron chi connectivity index (χ3n) is 3.86. The van der Waals surface area contributed by atoms with Crippen LogP contribution in [0.5, 0.6) is 0 Å². The van der Waals surface area contributed by atoms with E-state index in [2.05, 4.69) is 4.40 Å². The van der Waals surface area contributed by atoms with Crippen LogP contribution in [0.4, 0.5) is 0 Å². The Morgan fingerprint density at radius 2 is 1.74 bits per heavy atom. The highest BCUT2D eigenvalue weighted by atomic mass is 32.2. The Kier molecular flexibility index (Phi) is 2.89. The van der Waals surface area contributed by atoms with Gasteiger partial charge in [0.1, 0.15) is 5.60 Å². The van der Waals surface area contributed by atoms with E-state index in [9.17, 15) is 8.42 Å². The molecule has 1 aromatic rings. The molecule has 102 valence electrons. The summed E-state index contributed by atoms with van der Waals surface area (Å²) in [6.07, 6.45) is 5.04. The molecule has 1 heterocycles. The lowest BCUT2D eigenvalue weighted by atomic mass is 9.92. The lowest BCUT2D eigenvalue weighted by Gasteiger charge is -2.39. The molecule has 5 heteroatoms. The Balaban J connectivity index is 1.77. The van der Waals surface area contributed by atoms with Crippen LogP contribution < -0.4 is 0 Å². The third kappa shape index (κ3) is 2.39. The summed E-state index contributed by atoms with van der Waals surface area (Å²) in [5.74, 6) is 0.363. The van der Waals surface area contributed by atoms with Gasteiger partial charge in [-0.1, -0.05) is 17.7 Å². The lowest BCUT2D eigenvalue weighted by molar-refractivity contribution is 0.00258. The van der Waals surface area contributed by atoms with Crippen LogP contribution in [-0.2, 0) is 14.8 Å². The largest absolute Gasteiger partial charge is 0.473 e. The van der Waals surface area contributed by atoms with Gasteiger partial charge in [0.25, 0.3) is 10.0 Å². The van der Waals surface area contributed by atoms with Crippen molar-refractivity contribution in [2.75, 3.05) is 0 Å². The molecule has 0 atom stereocenters. The second-order valence-electron chi connectivity index (χ2n) is 5.44. The summed E-state index contributed by atoms with van der Waals surface area (Å²) in [6, 6.07) is 6.71. The molecule has 0 N–H and O–H groups in total. The third-order valence-corrected chi connectivity index (χ3v) is 5.18. The summed E-state index contributed by atoms with van der Waals surface area (Å²) >= 11 is 0. The fourth-order valence-electron chi connectivity index (χ4n) is 2.76. The van der Waals surface area contributed by atoms with Crippen molar-refractivity contribution in [3.63, 3.8) is 0 Å². The summed E-state index contributed by atoms with van der Waals surface area (Å²) in [7, 11) is -3.62.